The molecule has 0 amide bonds. The van der Waals surface area contributed by atoms with Crippen LogP contribution >= 0.6 is 12.6 Å². The largest absolute Gasteiger partial charge is 0.505 e. The molecule has 0 fully saturated rings. The maximum atomic E-state index is 13.2. The van der Waals surface area contributed by atoms with Gasteiger partial charge in [0.1, 0.15) is 0 Å². The molecule has 0 heterocycles. The van der Waals surface area contributed by atoms with Crippen molar-refractivity contribution in [1.29, 1.82) is 0 Å². The summed E-state index contributed by atoms with van der Waals surface area (Å²) in [6.45, 7) is 1.95. The maximum absolute atomic E-state index is 13.2. The minimum Gasteiger partial charge on any atom is -0.505 e. The number of carbonyl (C=O) groups is 1. The van der Waals surface area contributed by atoms with Gasteiger partial charge in [0.2, 0.25) is 0 Å². The van der Waals surface area contributed by atoms with Crippen molar-refractivity contribution in [2.75, 3.05) is 12.4 Å². The molecule has 0 bridgehead atoms. The molecule has 0 saturated heterocycles. The minimum absolute atomic E-state index is 0.0140. The van der Waals surface area contributed by atoms with Crippen LogP contribution in [0.2, 0.25) is 0 Å². The molecule has 2 atom stereocenters. The molecule has 2 N–H and O–H groups in total. The van der Waals surface area contributed by atoms with Gasteiger partial charge in [-0.25, -0.2) is 4.39 Å². The van der Waals surface area contributed by atoms with Crippen molar-refractivity contribution in [3.05, 3.63) is 29.6 Å². The van der Waals surface area contributed by atoms with E-state index in [2.05, 4.69) is 12.6 Å². The van der Waals surface area contributed by atoms with E-state index in [4.69, 9.17) is 9.84 Å². The van der Waals surface area contributed by atoms with Gasteiger partial charge in [0.15, 0.2) is 11.6 Å². The lowest BCUT2D eigenvalue weighted by Gasteiger charge is -2.19. The third kappa shape index (κ3) is 4.72. The normalized spacial score (nSPS) is 13.9. The topological polar surface area (TPSA) is 66.8 Å². The van der Waals surface area contributed by atoms with Crippen LogP contribution in [0, 0.1) is 11.7 Å². The number of halogens is 1. The van der Waals surface area contributed by atoms with Gasteiger partial charge in [0.25, 0.3) is 0 Å². The van der Waals surface area contributed by atoms with E-state index in [1.54, 1.807) is 6.92 Å². The lowest BCUT2D eigenvalue weighted by molar-refractivity contribution is -0.141. The Bertz CT molecular complexity index is 439. The first-order valence-corrected chi connectivity index (χ1v) is 6.52. The van der Waals surface area contributed by atoms with Crippen LogP contribution in [0.5, 0.6) is 5.75 Å². The van der Waals surface area contributed by atoms with Crippen molar-refractivity contribution in [2.24, 2.45) is 5.92 Å². The molecule has 0 saturated carbocycles. The van der Waals surface area contributed by atoms with E-state index in [0.717, 1.165) is 6.07 Å². The molecule has 1 aromatic rings. The average Bonchev–Trinajstić information content (AvgIpc) is 2.40. The summed E-state index contributed by atoms with van der Waals surface area (Å²) in [5.74, 6) is -1.84. The summed E-state index contributed by atoms with van der Waals surface area (Å²) < 4.78 is 18.0. The number of hydrogen-bond donors (Lipinski definition) is 3. The summed E-state index contributed by atoms with van der Waals surface area (Å²) in [6, 6.07) is 3.75. The number of thiol groups is 1. The van der Waals surface area contributed by atoms with Gasteiger partial charge in [-0.3, -0.25) is 4.79 Å². The van der Waals surface area contributed by atoms with Crippen molar-refractivity contribution in [2.45, 2.75) is 19.4 Å². The molecule has 0 unspecified atom stereocenters. The molecule has 106 valence electrons. The Labute approximate surface area is 116 Å². The molecule has 0 radical (unpaired) electrons. The molecule has 19 heavy (non-hydrogen) atoms. The van der Waals surface area contributed by atoms with Crippen LogP contribution in [0.3, 0.4) is 0 Å². The second-order valence-corrected chi connectivity index (χ2v) is 4.62. The Hall–Kier alpha value is -1.27. The summed E-state index contributed by atoms with van der Waals surface area (Å²) in [5, 5.41) is 19.1. The van der Waals surface area contributed by atoms with Gasteiger partial charge in [-0.15, -0.1) is 0 Å². The summed E-state index contributed by atoms with van der Waals surface area (Å²) in [6.07, 6.45) is -0.437. The van der Waals surface area contributed by atoms with Crippen molar-refractivity contribution in [3.8, 4) is 5.75 Å². The molecule has 0 aliphatic rings. The average molecular weight is 288 g/mol. The number of aliphatic hydroxyl groups is 1. The predicted molar refractivity (Wildman–Crippen MR) is 71.6 cm³/mol. The second-order valence-electron chi connectivity index (χ2n) is 4.30. The zero-order valence-corrected chi connectivity index (χ0v) is 11.4. The lowest BCUT2D eigenvalue weighted by atomic mass is 9.95. The Kier molecular flexibility index (Phi) is 6.11. The van der Waals surface area contributed by atoms with E-state index in [9.17, 15) is 14.3 Å². The van der Waals surface area contributed by atoms with Gasteiger partial charge in [-0.2, -0.15) is 12.6 Å². The highest BCUT2D eigenvalue weighted by Gasteiger charge is 2.18. The van der Waals surface area contributed by atoms with Crippen LogP contribution in [0.1, 0.15) is 25.0 Å². The van der Waals surface area contributed by atoms with Gasteiger partial charge in [-0.05, 0) is 30.0 Å². The van der Waals surface area contributed by atoms with E-state index >= 15 is 0 Å². The number of benzene rings is 1. The molecule has 0 aliphatic carbocycles. The van der Waals surface area contributed by atoms with Crippen molar-refractivity contribution >= 4 is 18.6 Å². The first-order chi connectivity index (χ1) is 8.95. The Balaban J connectivity index is 2.53. The molecule has 0 aromatic heterocycles. The number of carbonyl (C=O) groups excluding carboxylic acids is 1. The number of rotatable bonds is 6. The molecule has 1 rings (SSSR count). The van der Waals surface area contributed by atoms with Crippen LogP contribution in [-0.4, -0.2) is 28.5 Å². The number of hydrogen-bond acceptors (Lipinski definition) is 5. The monoisotopic (exact) mass is 288 g/mol. The second kappa shape index (κ2) is 7.35. The number of aliphatic hydroxyl groups excluding tert-OH is 1. The first kappa shape index (κ1) is 15.8. The highest BCUT2D eigenvalue weighted by Crippen LogP contribution is 2.27. The van der Waals surface area contributed by atoms with Crippen LogP contribution in [-0.2, 0) is 9.53 Å². The SMILES string of the molecule is C[C@H](CCOC(=O)CS)[C@@H](O)c1ccc(O)c(F)c1. The van der Waals surface area contributed by atoms with Crippen molar-refractivity contribution in [1.82, 2.24) is 0 Å². The van der Waals surface area contributed by atoms with Gasteiger partial charge < -0.3 is 14.9 Å². The molecule has 6 heteroatoms. The van der Waals surface area contributed by atoms with E-state index in [1.165, 1.54) is 12.1 Å². The molecular weight excluding hydrogens is 271 g/mol. The van der Waals surface area contributed by atoms with Gasteiger partial charge in [-0.1, -0.05) is 13.0 Å². The van der Waals surface area contributed by atoms with Gasteiger partial charge >= 0.3 is 5.97 Å². The van der Waals surface area contributed by atoms with E-state index in [1.807, 2.05) is 0 Å². The lowest BCUT2D eigenvalue weighted by Crippen LogP contribution is -2.14. The minimum atomic E-state index is -0.884. The number of esters is 1. The zero-order valence-electron chi connectivity index (χ0n) is 10.5. The van der Waals surface area contributed by atoms with Crippen molar-refractivity contribution in [3.63, 3.8) is 0 Å². The Morgan fingerprint density at radius 1 is 1.53 bits per heavy atom. The van der Waals surface area contributed by atoms with Crippen LogP contribution in [0.25, 0.3) is 0 Å². The van der Waals surface area contributed by atoms with Gasteiger partial charge in [0.05, 0.1) is 18.5 Å². The summed E-state index contributed by atoms with van der Waals surface area (Å²) in [5.41, 5.74) is 0.378. The quantitative estimate of drug-likeness (QED) is 0.554. The molecule has 1 aromatic carbocycles. The van der Waals surface area contributed by atoms with Gasteiger partial charge in [0, 0.05) is 0 Å². The Morgan fingerprint density at radius 3 is 2.79 bits per heavy atom. The smallest absolute Gasteiger partial charge is 0.315 e. The first-order valence-electron chi connectivity index (χ1n) is 5.88. The third-order valence-corrected chi connectivity index (χ3v) is 3.08. The highest BCUT2D eigenvalue weighted by molar-refractivity contribution is 7.81. The number of ether oxygens (including phenoxy) is 1. The molecule has 0 spiro atoms. The van der Waals surface area contributed by atoms with E-state index in [0.29, 0.717) is 12.0 Å². The van der Waals surface area contributed by atoms with Crippen LogP contribution in [0.15, 0.2) is 18.2 Å². The summed E-state index contributed by atoms with van der Waals surface area (Å²) in [7, 11) is 0. The Morgan fingerprint density at radius 2 is 2.21 bits per heavy atom. The van der Waals surface area contributed by atoms with Crippen LogP contribution < -0.4 is 0 Å². The third-order valence-electron chi connectivity index (χ3n) is 2.82. The number of phenols is 1. The highest BCUT2D eigenvalue weighted by atomic mass is 32.1. The van der Waals surface area contributed by atoms with E-state index in [-0.39, 0.29) is 18.3 Å². The molecule has 0 aliphatic heterocycles. The summed E-state index contributed by atoms with van der Waals surface area (Å²) in [4.78, 5) is 10.9. The molecule has 4 nitrogen and oxygen atoms in total. The maximum Gasteiger partial charge on any atom is 0.315 e. The fourth-order valence-electron chi connectivity index (χ4n) is 1.60. The van der Waals surface area contributed by atoms with Crippen LogP contribution in [0.4, 0.5) is 4.39 Å². The van der Waals surface area contributed by atoms with Crippen molar-refractivity contribution < 1.29 is 24.1 Å². The summed E-state index contributed by atoms with van der Waals surface area (Å²) >= 11 is 3.77. The standard InChI is InChI=1S/C13H17FO4S/c1-8(4-5-18-12(16)7-19)13(17)9-2-3-11(15)10(14)6-9/h2-3,6,8,13,15,17,19H,4-5,7H2,1H3/t8-,13-/m1/s1. The van der Waals surface area contributed by atoms with E-state index < -0.39 is 23.6 Å². The fraction of sp³-hybridized carbons (Fsp3) is 0.462. The fourth-order valence-corrected chi connectivity index (χ4v) is 1.69. The number of phenolic OH excluding ortho intramolecular Hbond substituents is 1. The number of aromatic hydroxyl groups is 1. The predicted octanol–water partition coefficient (Wildman–Crippen LogP) is 2.06. The molecular formula is C13H17FO4S. The zero-order chi connectivity index (χ0) is 14.4.